The second-order valence-corrected chi connectivity index (χ2v) is 6.73. The number of nitro benzene ring substituents is 1. The molecule has 0 fully saturated rings. The van der Waals surface area contributed by atoms with Crippen LogP contribution in [0.15, 0.2) is 59.2 Å². The Kier molecular flexibility index (Phi) is 6.42. The van der Waals surface area contributed by atoms with Gasteiger partial charge in [-0.05, 0) is 34.1 Å². The van der Waals surface area contributed by atoms with Crippen LogP contribution in [0.3, 0.4) is 0 Å². The Morgan fingerprint density at radius 3 is 2.60 bits per heavy atom. The first-order valence-corrected chi connectivity index (χ1v) is 9.28. The molecule has 10 nitrogen and oxygen atoms in total. The number of aromatic nitrogens is 2. The monoisotopic (exact) mass is 474 g/mol. The van der Waals surface area contributed by atoms with E-state index in [2.05, 4.69) is 26.3 Å². The lowest BCUT2D eigenvalue weighted by molar-refractivity contribution is -0.384. The maximum Gasteiger partial charge on any atom is 0.363 e. The summed E-state index contributed by atoms with van der Waals surface area (Å²) in [6.07, 6.45) is 1.53. The lowest BCUT2D eigenvalue weighted by atomic mass is 10.3. The second-order valence-electron chi connectivity index (χ2n) is 5.87. The van der Waals surface area contributed by atoms with Crippen molar-refractivity contribution in [3.63, 3.8) is 0 Å². The number of amides is 1. The van der Waals surface area contributed by atoms with E-state index in [1.165, 1.54) is 36.2 Å². The first-order chi connectivity index (χ1) is 14.4. The topological polar surface area (TPSA) is 126 Å². The third-order valence-electron chi connectivity index (χ3n) is 3.89. The predicted molar refractivity (Wildman–Crippen MR) is 110 cm³/mol. The van der Waals surface area contributed by atoms with E-state index >= 15 is 0 Å². The molecule has 0 saturated carbocycles. The van der Waals surface area contributed by atoms with E-state index < -0.39 is 23.4 Å². The maximum atomic E-state index is 12.4. The fourth-order valence-corrected chi connectivity index (χ4v) is 2.93. The molecule has 0 aliphatic heterocycles. The molecule has 0 saturated heterocycles. The fourth-order valence-electron chi connectivity index (χ4n) is 2.47. The van der Waals surface area contributed by atoms with Gasteiger partial charge in [-0.25, -0.2) is 9.48 Å². The van der Waals surface area contributed by atoms with Crippen LogP contribution in [0.1, 0.15) is 10.5 Å². The molecule has 3 aromatic rings. The van der Waals surface area contributed by atoms with Crippen molar-refractivity contribution >= 4 is 39.2 Å². The molecular weight excluding hydrogens is 460 g/mol. The first-order valence-electron chi connectivity index (χ1n) is 8.49. The minimum Gasteiger partial charge on any atom is -0.493 e. The molecule has 154 valence electrons. The lowest BCUT2D eigenvalue weighted by Crippen LogP contribution is -2.21. The number of benzene rings is 2. The van der Waals surface area contributed by atoms with E-state index in [4.69, 9.17) is 9.47 Å². The lowest BCUT2D eigenvalue weighted by Gasteiger charge is -2.08. The van der Waals surface area contributed by atoms with Crippen LogP contribution < -0.4 is 10.1 Å². The summed E-state index contributed by atoms with van der Waals surface area (Å²) >= 11 is 3.15. The van der Waals surface area contributed by atoms with Crippen molar-refractivity contribution in [2.45, 2.75) is 0 Å². The van der Waals surface area contributed by atoms with Gasteiger partial charge in [-0.1, -0.05) is 18.2 Å². The number of hydrogen-bond acceptors (Lipinski definition) is 7. The van der Waals surface area contributed by atoms with Crippen LogP contribution in [0.25, 0.3) is 5.69 Å². The summed E-state index contributed by atoms with van der Waals surface area (Å²) in [5.41, 5.74) is 0.807. The summed E-state index contributed by atoms with van der Waals surface area (Å²) in [7, 11) is 1.39. The number of para-hydroxylation sites is 1. The van der Waals surface area contributed by atoms with Crippen molar-refractivity contribution in [3.8, 4) is 11.4 Å². The molecule has 0 unspecified atom stereocenters. The van der Waals surface area contributed by atoms with Gasteiger partial charge >= 0.3 is 5.97 Å². The minimum atomic E-state index is -0.834. The molecule has 0 aliphatic carbocycles. The molecule has 1 amide bonds. The van der Waals surface area contributed by atoms with E-state index in [1.54, 1.807) is 12.1 Å². The summed E-state index contributed by atoms with van der Waals surface area (Å²) in [4.78, 5) is 34.7. The highest BCUT2D eigenvalue weighted by atomic mass is 79.9. The number of hydrogen-bond donors (Lipinski definition) is 1. The number of nitro groups is 1. The Labute approximate surface area is 178 Å². The normalized spacial score (nSPS) is 10.3. The van der Waals surface area contributed by atoms with Gasteiger partial charge in [-0.3, -0.25) is 14.9 Å². The molecule has 2 aromatic carbocycles. The number of non-ortho nitro benzene ring substituents is 1. The molecule has 1 heterocycles. The summed E-state index contributed by atoms with van der Waals surface area (Å²) in [6, 6.07) is 13.0. The number of anilines is 1. The summed E-state index contributed by atoms with van der Waals surface area (Å²) in [5, 5.41) is 17.4. The molecule has 0 aliphatic rings. The highest BCUT2D eigenvalue weighted by Crippen LogP contribution is 2.27. The van der Waals surface area contributed by atoms with Gasteiger partial charge in [0.2, 0.25) is 5.69 Å². The number of nitrogens with zero attached hydrogens (tertiary/aromatic N) is 3. The minimum absolute atomic E-state index is 0.0781. The van der Waals surface area contributed by atoms with Gasteiger partial charge < -0.3 is 14.8 Å². The van der Waals surface area contributed by atoms with Crippen LogP contribution >= 0.6 is 15.9 Å². The summed E-state index contributed by atoms with van der Waals surface area (Å²) < 4.78 is 12.0. The number of ether oxygens (including phenoxy) is 2. The van der Waals surface area contributed by atoms with Crippen molar-refractivity contribution in [3.05, 3.63) is 75.0 Å². The molecule has 0 radical (unpaired) electrons. The van der Waals surface area contributed by atoms with E-state index in [0.29, 0.717) is 10.2 Å². The van der Waals surface area contributed by atoms with Gasteiger partial charge in [0.25, 0.3) is 11.6 Å². The Balaban J connectivity index is 1.65. The number of nitrogens with one attached hydrogen (secondary N) is 1. The van der Waals surface area contributed by atoms with E-state index in [-0.39, 0.29) is 17.1 Å². The van der Waals surface area contributed by atoms with Crippen LogP contribution in [0, 0.1) is 10.1 Å². The Morgan fingerprint density at radius 1 is 1.23 bits per heavy atom. The molecule has 3 rings (SSSR count). The number of carbonyl (C=O) groups is 2. The highest BCUT2D eigenvalue weighted by Gasteiger charge is 2.21. The molecular formula is C19H15BrN4O6. The van der Waals surface area contributed by atoms with E-state index in [9.17, 15) is 19.7 Å². The zero-order valence-corrected chi connectivity index (χ0v) is 17.2. The van der Waals surface area contributed by atoms with Crippen LogP contribution in [-0.2, 0) is 9.53 Å². The third-order valence-corrected chi connectivity index (χ3v) is 4.54. The van der Waals surface area contributed by atoms with E-state index in [0.717, 1.165) is 5.69 Å². The number of esters is 1. The molecule has 11 heteroatoms. The predicted octanol–water partition coefficient (Wildman–Crippen LogP) is 3.35. The van der Waals surface area contributed by atoms with E-state index in [1.807, 2.05) is 18.2 Å². The van der Waals surface area contributed by atoms with Crippen molar-refractivity contribution in [1.82, 2.24) is 9.78 Å². The quantitative estimate of drug-likeness (QED) is 0.316. The van der Waals surface area contributed by atoms with Gasteiger partial charge in [0.05, 0.1) is 29.6 Å². The second kappa shape index (κ2) is 9.18. The van der Waals surface area contributed by atoms with Gasteiger partial charge in [0.15, 0.2) is 12.4 Å². The standard InChI is InChI=1S/C19H15BrN4O6/c1-29-16-10-23(12-5-3-2-4-6-12)22-18(16)19(26)30-11-17(25)21-15-8-7-13(24(27)28)9-14(15)20/h2-10H,11H2,1H3,(H,21,25). The van der Waals surface area contributed by atoms with Gasteiger partial charge in [0.1, 0.15) is 0 Å². The fraction of sp³-hybridized carbons (Fsp3) is 0.105. The van der Waals surface area contributed by atoms with Crippen molar-refractivity contribution in [2.24, 2.45) is 0 Å². The summed E-state index contributed by atoms with van der Waals surface area (Å²) in [5.74, 6) is -1.26. The Bertz CT molecular complexity index is 1100. The zero-order chi connectivity index (χ0) is 21.7. The van der Waals surface area contributed by atoms with Gasteiger partial charge in [-0.15, -0.1) is 0 Å². The van der Waals surface area contributed by atoms with Crippen molar-refractivity contribution < 1.29 is 24.0 Å². The molecule has 1 N–H and O–H groups in total. The first kappa shape index (κ1) is 21.0. The summed E-state index contributed by atoms with van der Waals surface area (Å²) in [6.45, 7) is -0.580. The van der Waals surface area contributed by atoms with Crippen LogP contribution in [0.2, 0.25) is 0 Å². The smallest absolute Gasteiger partial charge is 0.363 e. The average Bonchev–Trinajstić information content (AvgIpc) is 3.18. The zero-order valence-electron chi connectivity index (χ0n) is 15.6. The number of methoxy groups -OCH3 is 1. The Morgan fingerprint density at radius 2 is 1.97 bits per heavy atom. The largest absolute Gasteiger partial charge is 0.493 e. The van der Waals surface area contributed by atoms with Crippen LogP contribution in [-0.4, -0.2) is 40.3 Å². The van der Waals surface area contributed by atoms with Crippen LogP contribution in [0.5, 0.6) is 5.75 Å². The molecule has 0 atom stereocenters. The molecule has 1 aromatic heterocycles. The van der Waals surface area contributed by atoms with Crippen molar-refractivity contribution in [2.75, 3.05) is 19.0 Å². The number of carbonyl (C=O) groups excluding carboxylic acids is 2. The molecule has 0 bridgehead atoms. The molecule has 0 spiro atoms. The number of rotatable bonds is 7. The van der Waals surface area contributed by atoms with Crippen LogP contribution in [0.4, 0.5) is 11.4 Å². The molecule has 30 heavy (non-hydrogen) atoms. The van der Waals surface area contributed by atoms with Gasteiger partial charge in [-0.2, -0.15) is 5.10 Å². The third kappa shape index (κ3) is 4.81. The maximum absolute atomic E-state index is 12.4. The van der Waals surface area contributed by atoms with Crippen molar-refractivity contribution in [1.29, 1.82) is 0 Å². The number of halogens is 1. The highest BCUT2D eigenvalue weighted by molar-refractivity contribution is 9.10. The average molecular weight is 475 g/mol. The Hall–Kier alpha value is -3.73. The SMILES string of the molecule is COc1cn(-c2ccccc2)nc1C(=O)OCC(=O)Nc1ccc([N+](=O)[O-])cc1Br. The van der Waals surface area contributed by atoms with Gasteiger partial charge in [0, 0.05) is 16.6 Å².